The van der Waals surface area contributed by atoms with Crippen LogP contribution in [-0.2, 0) is 15.3 Å². The fourth-order valence-electron chi connectivity index (χ4n) is 1.60. The number of carbonyl (C=O) groups is 2. The van der Waals surface area contributed by atoms with Crippen LogP contribution in [0, 0.1) is 6.92 Å². The highest BCUT2D eigenvalue weighted by Crippen LogP contribution is 2.18. The maximum absolute atomic E-state index is 11.0. The second-order valence-corrected chi connectivity index (χ2v) is 5.28. The third-order valence-corrected chi connectivity index (χ3v) is 3.49. The Morgan fingerprint density at radius 2 is 2.20 bits per heavy atom. The molecule has 0 saturated heterocycles. The molecule has 20 heavy (non-hydrogen) atoms. The Hall–Kier alpha value is -1.76. The molecular weight excluding hydrogens is 280 g/mol. The highest BCUT2D eigenvalue weighted by atomic mass is 32.2. The van der Waals surface area contributed by atoms with Crippen LogP contribution in [0.1, 0.15) is 18.3 Å². The molecule has 0 aromatic carbocycles. The minimum atomic E-state index is -1.04. The molecule has 1 atom stereocenters. The number of aliphatic carboxylic acids is 1. The molecule has 0 spiro atoms. The molecule has 1 amide bonds. The number of ether oxygens (including phenoxy) is 1. The zero-order valence-corrected chi connectivity index (χ0v) is 12.5. The third-order valence-electron chi connectivity index (χ3n) is 2.43. The Balaban J connectivity index is 2.56. The molecule has 1 aromatic rings. The van der Waals surface area contributed by atoms with Crippen LogP contribution in [0.2, 0.25) is 0 Å². The molecule has 1 rings (SSSR count). The number of hydrogen-bond acceptors (Lipinski definition) is 5. The van der Waals surface area contributed by atoms with Gasteiger partial charge in [0.05, 0.1) is 12.8 Å². The lowest BCUT2D eigenvalue weighted by atomic mass is 10.3. The van der Waals surface area contributed by atoms with E-state index < -0.39 is 12.0 Å². The lowest BCUT2D eigenvalue weighted by Crippen LogP contribution is -2.41. The van der Waals surface area contributed by atoms with Gasteiger partial charge in [-0.05, 0) is 6.92 Å². The zero-order chi connectivity index (χ0) is 15.1. The molecule has 0 bridgehead atoms. The first-order valence-corrected chi connectivity index (χ1v) is 7.17. The van der Waals surface area contributed by atoms with E-state index >= 15 is 0 Å². The van der Waals surface area contributed by atoms with Gasteiger partial charge in [0.25, 0.3) is 0 Å². The quantitative estimate of drug-likeness (QED) is 0.787. The maximum Gasteiger partial charge on any atom is 0.327 e. The van der Waals surface area contributed by atoms with Crippen molar-refractivity contribution in [3.05, 3.63) is 23.5 Å². The van der Waals surface area contributed by atoms with Gasteiger partial charge in [-0.3, -0.25) is 9.78 Å². The first kappa shape index (κ1) is 16.3. The van der Waals surface area contributed by atoms with Crippen LogP contribution in [0.5, 0.6) is 5.75 Å². The Morgan fingerprint density at radius 3 is 2.75 bits per heavy atom. The second kappa shape index (κ2) is 7.74. The smallest absolute Gasteiger partial charge is 0.327 e. The van der Waals surface area contributed by atoms with Crippen molar-refractivity contribution >= 4 is 23.6 Å². The summed E-state index contributed by atoms with van der Waals surface area (Å²) in [5.41, 5.74) is 1.66. The van der Waals surface area contributed by atoms with E-state index in [4.69, 9.17) is 9.84 Å². The molecule has 0 aliphatic carbocycles. The third kappa shape index (κ3) is 5.48. The van der Waals surface area contributed by atoms with E-state index in [9.17, 15) is 9.59 Å². The Bertz CT molecular complexity index is 493. The summed E-state index contributed by atoms with van der Waals surface area (Å²) in [6.07, 6.45) is 0. The topological polar surface area (TPSA) is 88.5 Å². The number of methoxy groups -OCH3 is 1. The van der Waals surface area contributed by atoms with Gasteiger partial charge < -0.3 is 15.2 Å². The van der Waals surface area contributed by atoms with Gasteiger partial charge in [-0.25, -0.2) is 4.79 Å². The van der Waals surface area contributed by atoms with Gasteiger partial charge in [-0.2, -0.15) is 11.8 Å². The van der Waals surface area contributed by atoms with Gasteiger partial charge in [0.15, 0.2) is 0 Å². The average molecular weight is 298 g/mol. The Morgan fingerprint density at radius 1 is 1.50 bits per heavy atom. The van der Waals surface area contributed by atoms with Crippen molar-refractivity contribution in [2.24, 2.45) is 0 Å². The number of carboxylic acids is 1. The largest absolute Gasteiger partial charge is 0.497 e. The van der Waals surface area contributed by atoms with E-state index in [-0.39, 0.29) is 11.7 Å². The van der Waals surface area contributed by atoms with Gasteiger partial charge in [0.2, 0.25) is 5.91 Å². The summed E-state index contributed by atoms with van der Waals surface area (Å²) in [4.78, 5) is 26.2. The van der Waals surface area contributed by atoms with Crippen molar-refractivity contribution in [1.29, 1.82) is 0 Å². The summed E-state index contributed by atoms with van der Waals surface area (Å²) in [6.45, 7) is 3.17. The normalized spacial score (nSPS) is 11.8. The maximum atomic E-state index is 11.0. The standard InChI is InChI=1S/C13H18N2O4S/c1-8-4-11(19-3)5-10(14-8)6-20-7-12(13(17)18)15-9(2)16/h4-5,12H,6-7H2,1-3H3,(H,15,16)(H,17,18)/t12-/m0/s1. The van der Waals surface area contributed by atoms with Gasteiger partial charge in [0.1, 0.15) is 11.8 Å². The summed E-state index contributed by atoms with van der Waals surface area (Å²) < 4.78 is 5.15. The summed E-state index contributed by atoms with van der Waals surface area (Å²) in [6, 6.07) is 2.75. The molecule has 1 aromatic heterocycles. The fraction of sp³-hybridized carbons (Fsp3) is 0.462. The molecule has 6 nitrogen and oxygen atoms in total. The van der Waals surface area contributed by atoms with Gasteiger partial charge in [-0.15, -0.1) is 0 Å². The Kier molecular flexibility index (Phi) is 6.30. The first-order valence-electron chi connectivity index (χ1n) is 6.01. The molecule has 0 aliphatic rings. The lowest BCUT2D eigenvalue weighted by Gasteiger charge is -2.12. The van der Waals surface area contributed by atoms with Crippen LogP contribution in [0.3, 0.4) is 0 Å². The van der Waals surface area contributed by atoms with E-state index in [2.05, 4.69) is 10.3 Å². The molecule has 0 fully saturated rings. The molecule has 7 heteroatoms. The number of nitrogens with one attached hydrogen (secondary N) is 1. The number of thioether (sulfide) groups is 1. The zero-order valence-electron chi connectivity index (χ0n) is 11.7. The van der Waals surface area contributed by atoms with Crippen LogP contribution in [0.4, 0.5) is 0 Å². The van der Waals surface area contributed by atoms with Gasteiger partial charge >= 0.3 is 5.97 Å². The summed E-state index contributed by atoms with van der Waals surface area (Å²) in [7, 11) is 1.59. The van der Waals surface area contributed by atoms with Crippen LogP contribution < -0.4 is 10.1 Å². The number of nitrogens with zero attached hydrogens (tertiary/aromatic N) is 1. The molecular formula is C13H18N2O4S. The minimum Gasteiger partial charge on any atom is -0.497 e. The SMILES string of the molecule is COc1cc(C)nc(CSC[C@H](NC(C)=O)C(=O)O)c1. The monoisotopic (exact) mass is 298 g/mol. The predicted molar refractivity (Wildman–Crippen MR) is 76.9 cm³/mol. The number of hydrogen-bond donors (Lipinski definition) is 2. The van der Waals surface area contributed by atoms with E-state index in [1.807, 2.05) is 19.1 Å². The summed E-state index contributed by atoms with van der Waals surface area (Å²) in [5, 5.41) is 11.4. The first-order chi connectivity index (χ1) is 9.42. The number of aromatic nitrogens is 1. The fourth-order valence-corrected chi connectivity index (χ4v) is 2.53. The number of pyridine rings is 1. The average Bonchev–Trinajstić information content (AvgIpc) is 2.36. The predicted octanol–water partition coefficient (Wildman–Crippen LogP) is 1.22. The molecule has 0 unspecified atom stereocenters. The number of carboxylic acid groups (broad SMARTS) is 1. The van der Waals surface area contributed by atoms with E-state index in [0.29, 0.717) is 5.75 Å². The number of aryl methyl sites for hydroxylation is 1. The van der Waals surface area contributed by atoms with Crippen molar-refractivity contribution < 1.29 is 19.4 Å². The van der Waals surface area contributed by atoms with Crippen LogP contribution >= 0.6 is 11.8 Å². The highest BCUT2D eigenvalue weighted by molar-refractivity contribution is 7.98. The molecule has 0 aliphatic heterocycles. The highest BCUT2D eigenvalue weighted by Gasteiger charge is 2.18. The van der Waals surface area contributed by atoms with Crippen LogP contribution in [0.15, 0.2) is 12.1 Å². The summed E-state index contributed by atoms with van der Waals surface area (Å²) in [5.74, 6) is 0.175. The van der Waals surface area contributed by atoms with Gasteiger partial charge in [-0.1, -0.05) is 0 Å². The summed E-state index contributed by atoms with van der Waals surface area (Å²) >= 11 is 1.40. The van der Waals surface area contributed by atoms with E-state index in [0.717, 1.165) is 17.1 Å². The van der Waals surface area contributed by atoms with Crippen molar-refractivity contribution in [2.75, 3.05) is 12.9 Å². The van der Waals surface area contributed by atoms with E-state index in [1.165, 1.54) is 18.7 Å². The number of rotatable bonds is 7. The number of amides is 1. The van der Waals surface area contributed by atoms with Crippen LogP contribution in [0.25, 0.3) is 0 Å². The van der Waals surface area contributed by atoms with Crippen molar-refractivity contribution in [1.82, 2.24) is 10.3 Å². The second-order valence-electron chi connectivity index (χ2n) is 4.25. The molecule has 0 saturated carbocycles. The van der Waals surface area contributed by atoms with Crippen LogP contribution in [-0.4, -0.2) is 40.9 Å². The molecule has 0 radical (unpaired) electrons. The van der Waals surface area contributed by atoms with Gasteiger partial charge in [0, 0.05) is 36.3 Å². The van der Waals surface area contributed by atoms with Crippen molar-refractivity contribution in [2.45, 2.75) is 25.6 Å². The lowest BCUT2D eigenvalue weighted by molar-refractivity contribution is -0.140. The van der Waals surface area contributed by atoms with Crippen molar-refractivity contribution in [3.63, 3.8) is 0 Å². The molecule has 2 N–H and O–H groups in total. The van der Waals surface area contributed by atoms with E-state index in [1.54, 1.807) is 7.11 Å². The van der Waals surface area contributed by atoms with Crippen molar-refractivity contribution in [3.8, 4) is 5.75 Å². The Labute approximate surface area is 121 Å². The molecule has 1 heterocycles. The minimum absolute atomic E-state index is 0.285. The number of carbonyl (C=O) groups excluding carboxylic acids is 1. The molecule has 110 valence electrons.